The summed E-state index contributed by atoms with van der Waals surface area (Å²) in [6, 6.07) is 0. The fourth-order valence-corrected chi connectivity index (χ4v) is 1.37. The molecule has 0 aromatic rings. The molecule has 0 aliphatic carbocycles. The molecule has 0 fully saturated rings. The molecular formula is C9H24N2O6S. The van der Waals surface area contributed by atoms with Crippen LogP contribution < -0.4 is 5.73 Å². The second-order valence-corrected chi connectivity index (χ2v) is 4.44. The average molecular weight is 288 g/mol. The lowest BCUT2D eigenvalue weighted by atomic mass is 10.3. The van der Waals surface area contributed by atoms with Crippen molar-refractivity contribution in [1.82, 2.24) is 4.90 Å². The number of aliphatic hydroxyl groups is 2. The van der Waals surface area contributed by atoms with Crippen molar-refractivity contribution in [2.24, 2.45) is 5.73 Å². The smallest absolute Gasteiger partial charge is 0.367 e. The lowest BCUT2D eigenvalue weighted by Gasteiger charge is -2.20. The number of rotatable bonds is 8. The van der Waals surface area contributed by atoms with Gasteiger partial charge in [0.15, 0.2) is 6.29 Å². The lowest BCUT2D eigenvalue weighted by Crippen LogP contribution is -2.33. The SMILES string of the molecule is CCN(CCCN)CC(O)O.CCOS(=O)(=O)O. The zero-order valence-electron chi connectivity index (χ0n) is 10.8. The molecule has 18 heavy (non-hydrogen) atoms. The lowest BCUT2D eigenvalue weighted by molar-refractivity contribution is -0.0605. The van der Waals surface area contributed by atoms with Gasteiger partial charge in [0, 0.05) is 6.54 Å². The normalized spacial score (nSPS) is 11.6. The van der Waals surface area contributed by atoms with Crippen LogP contribution in [0.5, 0.6) is 0 Å². The van der Waals surface area contributed by atoms with E-state index in [9.17, 15) is 8.42 Å². The van der Waals surface area contributed by atoms with Gasteiger partial charge in [-0.2, -0.15) is 8.42 Å². The van der Waals surface area contributed by atoms with E-state index in [0.717, 1.165) is 19.5 Å². The first-order chi connectivity index (χ1) is 8.26. The van der Waals surface area contributed by atoms with Crippen LogP contribution >= 0.6 is 0 Å². The minimum Gasteiger partial charge on any atom is -0.367 e. The molecule has 0 aliphatic rings. The molecule has 9 heteroatoms. The molecule has 0 bridgehead atoms. The quantitative estimate of drug-likeness (QED) is 0.323. The predicted molar refractivity (Wildman–Crippen MR) is 67.2 cm³/mol. The summed E-state index contributed by atoms with van der Waals surface area (Å²) in [6.45, 7) is 6.06. The van der Waals surface area contributed by atoms with Crippen molar-refractivity contribution in [3.63, 3.8) is 0 Å². The summed E-state index contributed by atoms with van der Waals surface area (Å²) in [4.78, 5) is 1.96. The van der Waals surface area contributed by atoms with Crippen molar-refractivity contribution >= 4 is 10.4 Å². The van der Waals surface area contributed by atoms with E-state index in [1.54, 1.807) is 0 Å². The second-order valence-electron chi connectivity index (χ2n) is 3.35. The first-order valence-electron chi connectivity index (χ1n) is 5.67. The Bertz CT molecular complexity index is 270. The first kappa shape index (κ1) is 20.0. The van der Waals surface area contributed by atoms with Crippen molar-refractivity contribution in [2.45, 2.75) is 26.6 Å². The Balaban J connectivity index is 0. The summed E-state index contributed by atoms with van der Waals surface area (Å²) in [5, 5.41) is 17.3. The molecule has 0 amide bonds. The molecule has 0 radical (unpaired) electrons. The van der Waals surface area contributed by atoms with Gasteiger partial charge in [-0.3, -0.25) is 9.45 Å². The molecule has 0 atom stereocenters. The van der Waals surface area contributed by atoms with E-state index >= 15 is 0 Å². The molecule has 112 valence electrons. The van der Waals surface area contributed by atoms with Crippen molar-refractivity contribution in [1.29, 1.82) is 0 Å². The van der Waals surface area contributed by atoms with E-state index in [2.05, 4.69) is 4.18 Å². The van der Waals surface area contributed by atoms with Gasteiger partial charge >= 0.3 is 10.4 Å². The first-order valence-corrected chi connectivity index (χ1v) is 7.03. The zero-order valence-corrected chi connectivity index (χ0v) is 11.6. The third-order valence-electron chi connectivity index (χ3n) is 1.81. The number of hydrogen-bond acceptors (Lipinski definition) is 7. The predicted octanol–water partition coefficient (Wildman–Crippen LogP) is -1.21. The van der Waals surface area contributed by atoms with Crippen molar-refractivity contribution in [3.8, 4) is 0 Å². The molecular weight excluding hydrogens is 264 g/mol. The summed E-state index contributed by atoms with van der Waals surface area (Å²) in [5.74, 6) is 0. The maximum Gasteiger partial charge on any atom is 0.397 e. The Kier molecular flexibility index (Phi) is 13.1. The van der Waals surface area contributed by atoms with Crippen LogP contribution in [0.2, 0.25) is 0 Å². The number of likely N-dealkylation sites (N-methyl/N-ethyl adjacent to an activating group) is 1. The molecule has 0 saturated heterocycles. The van der Waals surface area contributed by atoms with Crippen LogP contribution in [0.15, 0.2) is 0 Å². The number of hydrogen-bond donors (Lipinski definition) is 4. The highest BCUT2D eigenvalue weighted by molar-refractivity contribution is 7.80. The Morgan fingerprint density at radius 1 is 1.33 bits per heavy atom. The van der Waals surface area contributed by atoms with E-state index in [4.69, 9.17) is 20.5 Å². The van der Waals surface area contributed by atoms with Crippen molar-refractivity contribution < 1.29 is 27.4 Å². The van der Waals surface area contributed by atoms with Crippen LogP contribution in [-0.2, 0) is 14.6 Å². The summed E-state index contributed by atoms with van der Waals surface area (Å²) in [6.07, 6.45) is -0.326. The molecule has 0 aromatic carbocycles. The van der Waals surface area contributed by atoms with E-state index in [1.165, 1.54) is 6.92 Å². The monoisotopic (exact) mass is 288 g/mol. The molecule has 0 saturated carbocycles. The Labute approximate surface area is 108 Å². The van der Waals surface area contributed by atoms with Crippen LogP contribution in [0.1, 0.15) is 20.3 Å². The minimum atomic E-state index is -4.17. The van der Waals surface area contributed by atoms with Gasteiger partial charge in [-0.15, -0.1) is 0 Å². The molecule has 0 aliphatic heterocycles. The topological polar surface area (TPSA) is 133 Å². The van der Waals surface area contributed by atoms with Gasteiger partial charge in [-0.25, -0.2) is 4.18 Å². The molecule has 0 spiro atoms. The summed E-state index contributed by atoms with van der Waals surface area (Å²) < 4.78 is 30.7. The van der Waals surface area contributed by atoms with Gasteiger partial charge in [0.25, 0.3) is 0 Å². The van der Waals surface area contributed by atoms with Crippen molar-refractivity contribution in [3.05, 3.63) is 0 Å². The third kappa shape index (κ3) is 18.1. The highest BCUT2D eigenvalue weighted by Gasteiger charge is 2.05. The highest BCUT2D eigenvalue weighted by atomic mass is 32.3. The minimum absolute atomic E-state index is 0.0289. The number of aliphatic hydroxyl groups excluding tert-OH is 1. The van der Waals surface area contributed by atoms with Gasteiger partial charge in [0.05, 0.1) is 6.61 Å². The number of nitrogens with two attached hydrogens (primary N) is 1. The largest absolute Gasteiger partial charge is 0.397 e. The zero-order chi connectivity index (χ0) is 14.6. The second kappa shape index (κ2) is 11.8. The van der Waals surface area contributed by atoms with Crippen LogP contribution in [0.25, 0.3) is 0 Å². The van der Waals surface area contributed by atoms with E-state index < -0.39 is 16.7 Å². The Hall–Kier alpha value is -0.290. The summed E-state index contributed by atoms with van der Waals surface area (Å²) in [5.41, 5.74) is 5.31. The van der Waals surface area contributed by atoms with Gasteiger partial charge in [0.2, 0.25) is 0 Å². The maximum absolute atomic E-state index is 9.56. The molecule has 8 nitrogen and oxygen atoms in total. The molecule has 0 unspecified atom stereocenters. The molecule has 0 rings (SSSR count). The van der Waals surface area contributed by atoms with E-state index in [1.807, 2.05) is 11.8 Å². The molecule has 0 aromatic heterocycles. The van der Waals surface area contributed by atoms with Crippen LogP contribution in [0.3, 0.4) is 0 Å². The fourth-order valence-electron chi connectivity index (χ4n) is 1.07. The molecule has 0 heterocycles. The Morgan fingerprint density at radius 3 is 2.11 bits per heavy atom. The molecule has 5 N–H and O–H groups in total. The highest BCUT2D eigenvalue weighted by Crippen LogP contribution is 1.91. The van der Waals surface area contributed by atoms with Crippen LogP contribution in [0.4, 0.5) is 0 Å². The summed E-state index contributed by atoms with van der Waals surface area (Å²) in [7, 11) is -4.17. The average Bonchev–Trinajstić information content (AvgIpc) is 2.23. The number of nitrogens with zero attached hydrogens (tertiary/aromatic N) is 1. The van der Waals surface area contributed by atoms with Crippen LogP contribution in [0, 0.1) is 0 Å². The van der Waals surface area contributed by atoms with Gasteiger partial charge in [-0.05, 0) is 33.0 Å². The fraction of sp³-hybridized carbons (Fsp3) is 1.00. The van der Waals surface area contributed by atoms with E-state index in [-0.39, 0.29) is 6.61 Å². The van der Waals surface area contributed by atoms with Gasteiger partial charge < -0.3 is 15.9 Å². The van der Waals surface area contributed by atoms with Crippen molar-refractivity contribution in [2.75, 3.05) is 32.8 Å². The van der Waals surface area contributed by atoms with Crippen LogP contribution in [-0.4, -0.2) is 67.2 Å². The van der Waals surface area contributed by atoms with Gasteiger partial charge in [-0.1, -0.05) is 6.92 Å². The summed E-state index contributed by atoms with van der Waals surface area (Å²) >= 11 is 0. The maximum atomic E-state index is 9.56. The standard InChI is InChI=1S/C7H18N2O2.C2H6O4S/c1-2-9(5-3-4-8)6-7(10)11;1-2-6-7(3,4)5/h7,10-11H,2-6,8H2,1H3;2H2,1H3,(H,3,4,5). The Morgan fingerprint density at radius 2 is 1.89 bits per heavy atom. The third-order valence-corrected chi connectivity index (χ3v) is 2.35. The van der Waals surface area contributed by atoms with Gasteiger partial charge in [0.1, 0.15) is 0 Å². The van der Waals surface area contributed by atoms with E-state index in [0.29, 0.717) is 13.1 Å².